The second-order valence-electron chi connectivity index (χ2n) is 6.47. The van der Waals surface area contributed by atoms with Crippen LogP contribution in [0.25, 0.3) is 10.9 Å². The first-order chi connectivity index (χ1) is 10.9. The molecule has 1 aliphatic rings. The van der Waals surface area contributed by atoms with E-state index in [1.807, 2.05) is 18.2 Å². The molecule has 1 aromatic heterocycles. The van der Waals surface area contributed by atoms with Crippen molar-refractivity contribution in [3.05, 3.63) is 34.5 Å². The molecule has 0 bridgehead atoms. The molecule has 6 heteroatoms. The topological polar surface area (TPSA) is 44.9 Å². The second kappa shape index (κ2) is 6.11. The lowest BCUT2D eigenvalue weighted by atomic mass is 10.0. The normalized spacial score (nSPS) is 20.5. The van der Waals surface area contributed by atoms with Crippen molar-refractivity contribution in [3.63, 3.8) is 0 Å². The summed E-state index contributed by atoms with van der Waals surface area (Å²) in [6, 6.07) is 5.84. The first kappa shape index (κ1) is 16.2. The van der Waals surface area contributed by atoms with Crippen LogP contribution < -0.4 is 5.32 Å². The number of benzene rings is 1. The van der Waals surface area contributed by atoms with Crippen LogP contribution in [0.5, 0.6) is 0 Å². The molecule has 124 valence electrons. The SMILES string of the molecule is CC(C)c1cc2[nH]c(CNC(=O)C3CC3C(F)F)cc2cc1Cl. The van der Waals surface area contributed by atoms with E-state index in [0.717, 1.165) is 27.2 Å². The third kappa shape index (κ3) is 3.34. The van der Waals surface area contributed by atoms with Crippen molar-refractivity contribution < 1.29 is 13.6 Å². The average molecular weight is 341 g/mol. The highest BCUT2D eigenvalue weighted by molar-refractivity contribution is 6.32. The van der Waals surface area contributed by atoms with Gasteiger partial charge in [-0.15, -0.1) is 0 Å². The van der Waals surface area contributed by atoms with Crippen LogP contribution in [0.1, 0.15) is 37.4 Å². The molecule has 1 amide bonds. The van der Waals surface area contributed by atoms with Gasteiger partial charge >= 0.3 is 0 Å². The summed E-state index contributed by atoms with van der Waals surface area (Å²) >= 11 is 6.28. The molecule has 1 saturated carbocycles. The Kier molecular flexibility index (Phi) is 4.32. The van der Waals surface area contributed by atoms with E-state index in [2.05, 4.69) is 24.1 Å². The molecular weight excluding hydrogens is 322 g/mol. The van der Waals surface area contributed by atoms with Gasteiger partial charge in [-0.3, -0.25) is 4.79 Å². The number of hydrogen-bond acceptors (Lipinski definition) is 1. The van der Waals surface area contributed by atoms with Gasteiger partial charge in [-0.05, 0) is 36.1 Å². The van der Waals surface area contributed by atoms with Crippen LogP contribution in [0.2, 0.25) is 5.02 Å². The molecule has 23 heavy (non-hydrogen) atoms. The van der Waals surface area contributed by atoms with Crippen LogP contribution >= 0.6 is 11.6 Å². The maximum Gasteiger partial charge on any atom is 0.242 e. The molecule has 1 aromatic carbocycles. The van der Waals surface area contributed by atoms with Gasteiger partial charge in [0.15, 0.2) is 0 Å². The Hall–Kier alpha value is -1.62. The number of nitrogens with one attached hydrogen (secondary N) is 2. The Labute approximate surface area is 138 Å². The third-order valence-corrected chi connectivity index (χ3v) is 4.70. The van der Waals surface area contributed by atoms with Gasteiger partial charge in [0.25, 0.3) is 0 Å². The van der Waals surface area contributed by atoms with E-state index in [9.17, 15) is 13.6 Å². The van der Waals surface area contributed by atoms with Crippen LogP contribution in [0.3, 0.4) is 0 Å². The van der Waals surface area contributed by atoms with Crippen molar-refractivity contribution in [1.29, 1.82) is 0 Å². The molecule has 0 aliphatic heterocycles. The molecule has 2 aromatic rings. The standard InChI is InChI=1S/C17H19ClF2N2O/c1-8(2)11-6-15-9(4-14(11)18)3-10(22-15)7-21-17(23)13-5-12(13)16(19)20/h3-4,6,8,12-13,16,22H,5,7H2,1-2H3,(H,21,23). The molecule has 1 fully saturated rings. The summed E-state index contributed by atoms with van der Waals surface area (Å²) in [7, 11) is 0. The number of rotatable bonds is 5. The van der Waals surface area contributed by atoms with E-state index in [0.29, 0.717) is 12.5 Å². The zero-order valence-electron chi connectivity index (χ0n) is 13.0. The number of alkyl halides is 2. The lowest BCUT2D eigenvalue weighted by Gasteiger charge is -2.07. The quantitative estimate of drug-likeness (QED) is 0.829. The number of aromatic nitrogens is 1. The summed E-state index contributed by atoms with van der Waals surface area (Å²) in [6.07, 6.45) is -2.13. The maximum absolute atomic E-state index is 12.5. The molecule has 0 radical (unpaired) electrons. The smallest absolute Gasteiger partial charge is 0.242 e. The average Bonchev–Trinajstić information content (AvgIpc) is 3.19. The van der Waals surface area contributed by atoms with Crippen molar-refractivity contribution in [2.45, 2.75) is 39.2 Å². The Morgan fingerprint density at radius 3 is 2.74 bits per heavy atom. The molecule has 3 rings (SSSR count). The molecule has 0 saturated heterocycles. The number of aromatic amines is 1. The summed E-state index contributed by atoms with van der Waals surface area (Å²) in [4.78, 5) is 15.1. The monoisotopic (exact) mass is 340 g/mol. The van der Waals surface area contributed by atoms with E-state index in [4.69, 9.17) is 11.6 Å². The number of amides is 1. The minimum Gasteiger partial charge on any atom is -0.357 e. The molecule has 1 aliphatic carbocycles. The molecule has 2 atom stereocenters. The van der Waals surface area contributed by atoms with Crippen LogP contribution in [-0.4, -0.2) is 17.3 Å². The molecule has 2 N–H and O–H groups in total. The van der Waals surface area contributed by atoms with Crippen molar-refractivity contribution in [1.82, 2.24) is 10.3 Å². The fourth-order valence-corrected chi connectivity index (χ4v) is 3.27. The van der Waals surface area contributed by atoms with Gasteiger partial charge < -0.3 is 10.3 Å². The van der Waals surface area contributed by atoms with Crippen LogP contribution in [0.4, 0.5) is 8.78 Å². The van der Waals surface area contributed by atoms with Gasteiger partial charge in [-0.25, -0.2) is 8.78 Å². The lowest BCUT2D eigenvalue weighted by molar-refractivity contribution is -0.123. The zero-order chi connectivity index (χ0) is 16.7. The summed E-state index contributed by atoms with van der Waals surface area (Å²) in [5.41, 5.74) is 2.85. The molecule has 2 unspecified atom stereocenters. The minimum atomic E-state index is -2.41. The van der Waals surface area contributed by atoms with Crippen molar-refractivity contribution in [2.75, 3.05) is 0 Å². The third-order valence-electron chi connectivity index (χ3n) is 4.37. The van der Waals surface area contributed by atoms with Gasteiger partial charge in [-0.2, -0.15) is 0 Å². The van der Waals surface area contributed by atoms with Crippen molar-refractivity contribution in [3.8, 4) is 0 Å². The first-order valence-electron chi connectivity index (χ1n) is 7.73. The highest BCUT2D eigenvalue weighted by Crippen LogP contribution is 2.43. The van der Waals surface area contributed by atoms with Crippen LogP contribution in [-0.2, 0) is 11.3 Å². The van der Waals surface area contributed by atoms with E-state index >= 15 is 0 Å². The largest absolute Gasteiger partial charge is 0.357 e. The van der Waals surface area contributed by atoms with E-state index in [1.165, 1.54) is 0 Å². The summed E-state index contributed by atoms with van der Waals surface area (Å²) in [5.74, 6) is -1.29. The number of fused-ring (bicyclic) bond motifs is 1. The number of halogens is 3. The van der Waals surface area contributed by atoms with Crippen molar-refractivity contribution >= 4 is 28.4 Å². The highest BCUT2D eigenvalue weighted by atomic mass is 35.5. The Bertz CT molecular complexity index is 742. The molecule has 1 heterocycles. The zero-order valence-corrected chi connectivity index (χ0v) is 13.8. The van der Waals surface area contributed by atoms with Crippen LogP contribution in [0, 0.1) is 11.8 Å². The lowest BCUT2D eigenvalue weighted by Crippen LogP contribution is -2.25. The van der Waals surface area contributed by atoms with Gasteiger partial charge in [-0.1, -0.05) is 25.4 Å². The number of hydrogen-bond donors (Lipinski definition) is 2. The maximum atomic E-state index is 12.5. The molecule has 0 spiro atoms. The van der Waals surface area contributed by atoms with Crippen LogP contribution in [0.15, 0.2) is 18.2 Å². The Morgan fingerprint density at radius 2 is 2.13 bits per heavy atom. The minimum absolute atomic E-state index is 0.281. The van der Waals surface area contributed by atoms with E-state index in [1.54, 1.807) is 0 Å². The molecular formula is C17H19ClF2N2O. The highest BCUT2D eigenvalue weighted by Gasteiger charge is 2.48. The number of H-pyrrole nitrogens is 1. The second-order valence-corrected chi connectivity index (χ2v) is 6.88. The number of carbonyl (C=O) groups is 1. The van der Waals surface area contributed by atoms with Gasteiger partial charge in [0.2, 0.25) is 12.3 Å². The van der Waals surface area contributed by atoms with Gasteiger partial charge in [0.05, 0.1) is 6.54 Å². The predicted octanol–water partition coefficient (Wildman–Crippen LogP) is 4.46. The summed E-state index contributed by atoms with van der Waals surface area (Å²) in [6.45, 7) is 4.45. The van der Waals surface area contributed by atoms with Gasteiger partial charge in [0, 0.05) is 33.5 Å². The fourth-order valence-electron chi connectivity index (χ4n) is 2.88. The first-order valence-corrected chi connectivity index (χ1v) is 8.11. The van der Waals surface area contributed by atoms with E-state index in [-0.39, 0.29) is 12.3 Å². The fraction of sp³-hybridized carbons (Fsp3) is 0.471. The Balaban J connectivity index is 1.68. The summed E-state index contributed by atoms with van der Waals surface area (Å²) in [5, 5.41) is 4.42. The summed E-state index contributed by atoms with van der Waals surface area (Å²) < 4.78 is 25.0. The van der Waals surface area contributed by atoms with E-state index < -0.39 is 18.3 Å². The van der Waals surface area contributed by atoms with Gasteiger partial charge in [0.1, 0.15) is 0 Å². The predicted molar refractivity (Wildman–Crippen MR) is 86.8 cm³/mol. The molecule has 3 nitrogen and oxygen atoms in total. The number of carbonyl (C=O) groups excluding carboxylic acids is 1. The Morgan fingerprint density at radius 1 is 1.39 bits per heavy atom. The van der Waals surface area contributed by atoms with Crippen molar-refractivity contribution in [2.24, 2.45) is 11.8 Å².